The molecular formula is C33H30ClN9O15S4. The number of phenols is 1. The summed E-state index contributed by atoms with van der Waals surface area (Å²) in [7, 11) is -18.7. The number of azo groups is 2. The lowest BCUT2D eigenvalue weighted by molar-refractivity contribution is 0.0697. The molecule has 0 unspecified atom stereocenters. The van der Waals surface area contributed by atoms with Crippen LogP contribution in [0.1, 0.15) is 23.7 Å². The molecule has 29 heteroatoms. The van der Waals surface area contributed by atoms with Crippen LogP contribution in [0.5, 0.6) is 5.75 Å². The van der Waals surface area contributed by atoms with Crippen molar-refractivity contribution in [1.29, 1.82) is 0 Å². The van der Waals surface area contributed by atoms with Crippen LogP contribution in [-0.2, 0) is 44.7 Å². The summed E-state index contributed by atoms with van der Waals surface area (Å²) in [6.07, 6.45) is 6.61. The molecule has 1 aliphatic rings. The number of allylic oxidation sites excluding steroid dienone is 5. The first kappa shape index (κ1) is 46.9. The molecule has 6 N–H and O–H groups in total. The molecule has 0 spiro atoms. The average molecular weight is 956 g/mol. The summed E-state index contributed by atoms with van der Waals surface area (Å²) in [5.41, 5.74) is -1.46. The van der Waals surface area contributed by atoms with Crippen LogP contribution in [0.15, 0.2) is 125 Å². The number of hydrogen-bond donors (Lipinski definition) is 6. The highest BCUT2D eigenvalue weighted by atomic mass is 35.5. The zero-order chi connectivity index (χ0) is 45.6. The fourth-order valence-electron chi connectivity index (χ4n) is 5.16. The number of aromatic nitrogens is 3. The Kier molecular flexibility index (Phi) is 14.3. The molecule has 0 fully saturated rings. The number of nitrogens with zero attached hydrogens (tertiary/aromatic N) is 8. The van der Waals surface area contributed by atoms with Gasteiger partial charge in [0.2, 0.25) is 17.2 Å². The van der Waals surface area contributed by atoms with Crippen LogP contribution in [-0.4, -0.2) is 97.4 Å². The van der Waals surface area contributed by atoms with Crippen LogP contribution in [0, 0.1) is 0 Å². The van der Waals surface area contributed by atoms with Crippen molar-refractivity contribution in [3.05, 3.63) is 101 Å². The number of carbonyl (C=O) groups is 1. The third kappa shape index (κ3) is 12.3. The second-order valence-electron chi connectivity index (χ2n) is 12.2. The Balaban J connectivity index is 1.50. The molecule has 0 atom stereocenters. The summed E-state index contributed by atoms with van der Waals surface area (Å²) in [5, 5.41) is 38.7. The predicted molar refractivity (Wildman–Crippen MR) is 217 cm³/mol. The van der Waals surface area contributed by atoms with E-state index in [9.17, 15) is 57.8 Å². The van der Waals surface area contributed by atoms with Crippen LogP contribution >= 0.6 is 11.6 Å². The molecule has 0 bridgehead atoms. The van der Waals surface area contributed by atoms with Gasteiger partial charge in [-0.3, -0.25) is 13.7 Å². The SMILES string of the molecule is CCN(c1ccc(S(=O)(=O)CCOS(=O)(=O)O)cc1)c1nc(Cl)nc(Nc2cc(S(=O)(=O)O)cc(N=N/C(N=Nc3cc(S(=O)(=O)O)ccc3C(=O)O)=C3\C=CC=CC3)c2O)n1. The highest BCUT2D eigenvalue weighted by Crippen LogP contribution is 2.40. The van der Waals surface area contributed by atoms with Crippen molar-refractivity contribution < 1.29 is 66.5 Å². The van der Waals surface area contributed by atoms with Gasteiger partial charge in [0.25, 0.3) is 20.2 Å². The molecule has 328 valence electrons. The lowest BCUT2D eigenvalue weighted by atomic mass is 10.1. The maximum atomic E-state index is 12.7. The summed E-state index contributed by atoms with van der Waals surface area (Å²) in [5.74, 6) is -3.95. The van der Waals surface area contributed by atoms with Gasteiger partial charge in [-0.15, -0.1) is 20.5 Å². The molecule has 1 aromatic heterocycles. The highest BCUT2D eigenvalue weighted by molar-refractivity contribution is 7.91. The Morgan fingerprint density at radius 2 is 1.47 bits per heavy atom. The molecule has 0 saturated heterocycles. The first-order valence-electron chi connectivity index (χ1n) is 16.9. The van der Waals surface area contributed by atoms with Gasteiger partial charge in [-0.25, -0.2) is 17.4 Å². The van der Waals surface area contributed by atoms with E-state index in [2.05, 4.69) is 44.9 Å². The maximum Gasteiger partial charge on any atom is 0.397 e. The number of sulfone groups is 1. The molecule has 5 rings (SSSR count). The zero-order valence-electron chi connectivity index (χ0n) is 31.2. The monoisotopic (exact) mass is 955 g/mol. The summed E-state index contributed by atoms with van der Waals surface area (Å²) < 4.78 is 127. The minimum Gasteiger partial charge on any atom is -0.504 e. The molecule has 0 amide bonds. The molecular weight excluding hydrogens is 926 g/mol. The number of halogens is 1. The van der Waals surface area contributed by atoms with Crippen molar-refractivity contribution >= 4 is 92.7 Å². The summed E-state index contributed by atoms with van der Waals surface area (Å²) in [4.78, 5) is 23.9. The lowest BCUT2D eigenvalue weighted by Crippen LogP contribution is -2.20. The number of aromatic carboxylic acids is 1. The van der Waals surface area contributed by atoms with Gasteiger partial charge in [0.05, 0.1) is 38.3 Å². The van der Waals surface area contributed by atoms with Gasteiger partial charge >= 0.3 is 16.4 Å². The normalized spacial score (nSPS) is 14.4. The number of carboxylic acid groups (broad SMARTS) is 1. The molecule has 24 nitrogen and oxygen atoms in total. The number of nitrogens with one attached hydrogen (secondary N) is 1. The van der Waals surface area contributed by atoms with E-state index in [4.69, 9.17) is 16.2 Å². The lowest BCUT2D eigenvalue weighted by Gasteiger charge is -2.22. The Morgan fingerprint density at radius 3 is 2.05 bits per heavy atom. The van der Waals surface area contributed by atoms with Crippen molar-refractivity contribution in [3.8, 4) is 5.75 Å². The molecule has 0 saturated carbocycles. The van der Waals surface area contributed by atoms with E-state index in [0.717, 1.165) is 30.3 Å². The average Bonchev–Trinajstić information content (AvgIpc) is 3.18. The molecule has 62 heavy (non-hydrogen) atoms. The van der Waals surface area contributed by atoms with Crippen molar-refractivity contribution in [1.82, 2.24) is 15.0 Å². The van der Waals surface area contributed by atoms with Crippen molar-refractivity contribution in [2.24, 2.45) is 20.5 Å². The van der Waals surface area contributed by atoms with Gasteiger partial charge < -0.3 is 20.4 Å². The van der Waals surface area contributed by atoms with Crippen molar-refractivity contribution in [2.75, 3.05) is 29.1 Å². The number of anilines is 4. The van der Waals surface area contributed by atoms with Gasteiger partial charge in [-0.1, -0.05) is 24.3 Å². The van der Waals surface area contributed by atoms with E-state index in [1.54, 1.807) is 25.2 Å². The van der Waals surface area contributed by atoms with E-state index >= 15 is 0 Å². The summed E-state index contributed by atoms with van der Waals surface area (Å²) in [6, 6.07) is 9.14. The first-order chi connectivity index (χ1) is 28.9. The van der Waals surface area contributed by atoms with Crippen LogP contribution in [0.4, 0.5) is 34.6 Å². The number of rotatable bonds is 17. The molecule has 0 radical (unpaired) electrons. The van der Waals surface area contributed by atoms with Gasteiger partial charge in [0, 0.05) is 17.8 Å². The maximum absolute atomic E-state index is 12.7. The van der Waals surface area contributed by atoms with Gasteiger partial charge in [0.1, 0.15) is 11.4 Å². The molecule has 4 aromatic rings. The van der Waals surface area contributed by atoms with E-state index in [1.807, 2.05) is 0 Å². The molecule has 1 heterocycles. The minimum atomic E-state index is -5.01. The predicted octanol–water partition coefficient (Wildman–Crippen LogP) is 5.51. The Labute approximate surface area is 357 Å². The zero-order valence-corrected chi connectivity index (χ0v) is 35.3. The third-order valence-electron chi connectivity index (χ3n) is 8.03. The quantitative estimate of drug-likeness (QED) is 0.0431. The number of benzene rings is 3. The second kappa shape index (κ2) is 18.9. The first-order valence-corrected chi connectivity index (χ1v) is 23.2. The Bertz CT molecular complexity index is 3040. The second-order valence-corrected chi connectivity index (χ2v) is 18.6. The van der Waals surface area contributed by atoms with E-state index in [1.165, 1.54) is 35.2 Å². The number of hydrogen-bond acceptors (Lipinski definition) is 20. The smallest absolute Gasteiger partial charge is 0.397 e. The van der Waals surface area contributed by atoms with Gasteiger partial charge in [0.15, 0.2) is 21.4 Å². The summed E-state index contributed by atoms with van der Waals surface area (Å²) in [6.45, 7) is 0.976. The summed E-state index contributed by atoms with van der Waals surface area (Å²) >= 11 is 6.21. The van der Waals surface area contributed by atoms with Crippen molar-refractivity contribution in [2.45, 2.75) is 28.0 Å². The Morgan fingerprint density at radius 1 is 0.839 bits per heavy atom. The number of carboxylic acids is 1. The van der Waals surface area contributed by atoms with Gasteiger partial charge in [-0.2, -0.15) is 40.2 Å². The molecule has 3 aromatic carbocycles. The van der Waals surface area contributed by atoms with Crippen LogP contribution < -0.4 is 10.2 Å². The molecule has 1 aliphatic carbocycles. The minimum absolute atomic E-state index is 0.137. The topological polar surface area (TPSA) is 367 Å². The van der Waals surface area contributed by atoms with E-state index in [-0.39, 0.29) is 35.6 Å². The fourth-order valence-corrected chi connectivity index (χ4v) is 7.83. The number of phenolic OH excluding ortho intramolecular Hbond substituents is 1. The van der Waals surface area contributed by atoms with E-state index < -0.39 is 102 Å². The third-order valence-corrected chi connectivity index (χ3v) is 12.0. The van der Waals surface area contributed by atoms with E-state index in [0.29, 0.717) is 11.3 Å². The standard InChI is InChI=1S/C33H30ClN9O15S4/c1-2-43(20-8-10-21(11-9-20)59(47,48)15-14-58-62(55,56)57)33-37-31(34)36-32(38-33)35-26-17-23(61(52,53)54)18-27(28(26)44)40-42-29(19-6-4-3-5-7-19)41-39-25-16-22(60(49,50)51)12-13-24(25)30(45)46/h3-6,8-13,16-18,44H,2,7,14-15H2,1H3,(H,45,46)(H,49,50,51)(H,52,53,54)(H,55,56,57)(H,35,36,37,38)/b29-19+,41-39?,42-40?. The van der Waals surface area contributed by atoms with Crippen molar-refractivity contribution in [3.63, 3.8) is 0 Å². The van der Waals surface area contributed by atoms with Crippen LogP contribution in [0.2, 0.25) is 5.28 Å². The van der Waals surface area contributed by atoms with Crippen LogP contribution in [0.3, 0.4) is 0 Å². The highest BCUT2D eigenvalue weighted by Gasteiger charge is 2.22. The Hall–Kier alpha value is -6.11. The molecule has 0 aliphatic heterocycles. The number of aromatic hydroxyl groups is 1. The largest absolute Gasteiger partial charge is 0.504 e. The van der Waals surface area contributed by atoms with Crippen LogP contribution in [0.25, 0.3) is 0 Å². The fraction of sp³-hybridized carbons (Fsp3) is 0.152. The van der Waals surface area contributed by atoms with Gasteiger partial charge in [-0.05, 0) is 79.5 Å².